The summed E-state index contributed by atoms with van der Waals surface area (Å²) in [5, 5.41) is 40.0. The number of aliphatic hydroxyl groups excluding tert-OH is 4. The fourth-order valence-corrected chi connectivity index (χ4v) is 5.71. The number of carbonyl (C=O) groups excluding carboxylic acids is 2. The van der Waals surface area contributed by atoms with Crippen LogP contribution in [0, 0.1) is 0 Å². The van der Waals surface area contributed by atoms with Crippen molar-refractivity contribution < 1.29 is 49.0 Å². The Morgan fingerprint density at radius 2 is 1.11 bits per heavy atom. The Labute approximate surface area is 320 Å². The van der Waals surface area contributed by atoms with Gasteiger partial charge in [-0.15, -0.1) is 0 Å². The second-order valence-electron chi connectivity index (χ2n) is 13.8. The summed E-state index contributed by atoms with van der Waals surface area (Å²) in [5.74, 6) is -0.851. The van der Waals surface area contributed by atoms with Crippen LogP contribution in [0.4, 0.5) is 0 Å². The maximum Gasteiger partial charge on any atom is 0.306 e. The van der Waals surface area contributed by atoms with Gasteiger partial charge in [-0.3, -0.25) is 9.59 Å². The number of ether oxygens (including phenoxy) is 4. The van der Waals surface area contributed by atoms with E-state index in [-0.39, 0.29) is 26.1 Å². The summed E-state index contributed by atoms with van der Waals surface area (Å²) < 4.78 is 22.1. The molecule has 1 rings (SSSR count). The van der Waals surface area contributed by atoms with Gasteiger partial charge in [0, 0.05) is 12.8 Å². The lowest BCUT2D eigenvalue weighted by atomic mass is 9.99. The maximum absolute atomic E-state index is 12.7. The number of aliphatic hydroxyl groups is 4. The molecule has 304 valence electrons. The Hall–Kier alpha value is -2.60. The van der Waals surface area contributed by atoms with Crippen LogP contribution in [0.5, 0.6) is 0 Å². The molecular weight excluding hydrogens is 676 g/mol. The summed E-state index contributed by atoms with van der Waals surface area (Å²) in [4.78, 5) is 25.2. The lowest BCUT2D eigenvalue weighted by Crippen LogP contribution is -2.59. The molecule has 0 saturated carbocycles. The molecule has 1 saturated heterocycles. The van der Waals surface area contributed by atoms with Crippen molar-refractivity contribution in [1.29, 1.82) is 0 Å². The van der Waals surface area contributed by atoms with E-state index in [1.165, 1.54) is 19.3 Å². The zero-order valence-electron chi connectivity index (χ0n) is 32.7. The van der Waals surface area contributed by atoms with Crippen molar-refractivity contribution in [3.05, 3.63) is 60.8 Å². The molecule has 10 nitrogen and oxygen atoms in total. The largest absolute Gasteiger partial charge is 0.462 e. The van der Waals surface area contributed by atoms with E-state index in [1.807, 2.05) is 18.2 Å². The number of allylic oxidation sites excluding steroid dienone is 10. The zero-order chi connectivity index (χ0) is 38.8. The molecule has 0 aromatic carbocycles. The van der Waals surface area contributed by atoms with Crippen molar-refractivity contribution in [2.45, 2.75) is 179 Å². The van der Waals surface area contributed by atoms with Crippen LogP contribution in [0.25, 0.3) is 0 Å². The second-order valence-corrected chi connectivity index (χ2v) is 13.8. The predicted octanol–water partition coefficient (Wildman–Crippen LogP) is 7.88. The van der Waals surface area contributed by atoms with Gasteiger partial charge in [0.2, 0.25) is 0 Å². The van der Waals surface area contributed by atoms with E-state index >= 15 is 0 Å². The average Bonchev–Trinajstić information content (AvgIpc) is 3.15. The van der Waals surface area contributed by atoms with Gasteiger partial charge in [0.05, 0.1) is 13.2 Å². The molecule has 0 amide bonds. The van der Waals surface area contributed by atoms with Gasteiger partial charge in [-0.2, -0.15) is 0 Å². The number of unbranched alkanes of at least 4 members (excludes halogenated alkanes) is 14. The van der Waals surface area contributed by atoms with Crippen molar-refractivity contribution in [1.82, 2.24) is 0 Å². The molecule has 0 aliphatic carbocycles. The Kier molecular flexibility index (Phi) is 31.0. The van der Waals surface area contributed by atoms with Crippen LogP contribution in [-0.2, 0) is 28.5 Å². The summed E-state index contributed by atoms with van der Waals surface area (Å²) in [5.41, 5.74) is 0. The molecule has 0 radical (unpaired) electrons. The fraction of sp³-hybridized carbons (Fsp3) is 0.721. The number of hydrogen-bond acceptors (Lipinski definition) is 10. The van der Waals surface area contributed by atoms with Crippen LogP contribution in [-0.4, -0.2) is 89.0 Å². The number of carbonyl (C=O) groups is 2. The molecule has 6 atom stereocenters. The van der Waals surface area contributed by atoms with E-state index in [1.54, 1.807) is 0 Å². The van der Waals surface area contributed by atoms with Gasteiger partial charge >= 0.3 is 11.9 Å². The third-order valence-corrected chi connectivity index (χ3v) is 8.98. The first-order valence-electron chi connectivity index (χ1n) is 20.4. The van der Waals surface area contributed by atoms with Gasteiger partial charge in [0.25, 0.3) is 0 Å². The molecule has 10 heteroatoms. The molecule has 3 unspecified atom stereocenters. The first-order chi connectivity index (χ1) is 25.8. The van der Waals surface area contributed by atoms with Crippen LogP contribution in [0.2, 0.25) is 0 Å². The highest BCUT2D eigenvalue weighted by atomic mass is 16.7. The van der Waals surface area contributed by atoms with E-state index < -0.39 is 55.4 Å². The minimum atomic E-state index is -1.60. The molecule has 1 aliphatic rings. The smallest absolute Gasteiger partial charge is 0.306 e. The average molecular weight is 749 g/mol. The van der Waals surface area contributed by atoms with Crippen LogP contribution >= 0.6 is 0 Å². The van der Waals surface area contributed by atoms with Crippen molar-refractivity contribution in [2.75, 3.05) is 19.8 Å². The Morgan fingerprint density at radius 3 is 1.68 bits per heavy atom. The normalized spacial score (nSPS) is 21.5. The Morgan fingerprint density at radius 1 is 0.604 bits per heavy atom. The molecule has 0 spiro atoms. The second kappa shape index (κ2) is 33.9. The van der Waals surface area contributed by atoms with Crippen molar-refractivity contribution in [2.24, 2.45) is 0 Å². The van der Waals surface area contributed by atoms with E-state index in [4.69, 9.17) is 18.9 Å². The molecule has 1 fully saturated rings. The fourth-order valence-electron chi connectivity index (χ4n) is 5.71. The minimum absolute atomic E-state index is 0.201. The lowest BCUT2D eigenvalue weighted by molar-refractivity contribution is -0.305. The van der Waals surface area contributed by atoms with Crippen LogP contribution in [0.15, 0.2) is 60.8 Å². The standard InChI is InChI=1S/C43H72O10/c1-3-5-7-9-11-13-15-17-18-20-21-23-25-27-29-31-38(45)50-34-36(35-51-43-42(49)41(48)40(47)37(33-44)53-43)52-39(46)32-30-28-26-24-22-19-16-14-12-10-8-6-4-2/h6,8,10-17,36-37,40-44,47-49H,3-5,7,9,18-35H2,1-2H3/b8-6+,12-10+,13-11+,16-14+,17-15+/t36?,37-,40+,41?,42?,43-/m0/s1. The van der Waals surface area contributed by atoms with Crippen molar-refractivity contribution in [3.63, 3.8) is 0 Å². The highest BCUT2D eigenvalue weighted by Gasteiger charge is 2.44. The van der Waals surface area contributed by atoms with Gasteiger partial charge in [0.15, 0.2) is 12.4 Å². The minimum Gasteiger partial charge on any atom is -0.462 e. The number of rotatable bonds is 32. The molecule has 0 aromatic rings. The van der Waals surface area contributed by atoms with Gasteiger partial charge < -0.3 is 39.4 Å². The molecule has 0 bridgehead atoms. The first-order valence-corrected chi connectivity index (χ1v) is 20.4. The van der Waals surface area contributed by atoms with Gasteiger partial charge in [0.1, 0.15) is 31.0 Å². The topological polar surface area (TPSA) is 152 Å². The van der Waals surface area contributed by atoms with Crippen LogP contribution < -0.4 is 0 Å². The number of esters is 2. The highest BCUT2D eigenvalue weighted by molar-refractivity contribution is 5.70. The van der Waals surface area contributed by atoms with E-state index in [2.05, 4.69) is 56.4 Å². The molecule has 1 heterocycles. The third kappa shape index (κ3) is 25.9. The monoisotopic (exact) mass is 749 g/mol. The summed E-state index contributed by atoms with van der Waals surface area (Å²) >= 11 is 0. The van der Waals surface area contributed by atoms with Crippen LogP contribution in [0.1, 0.15) is 142 Å². The SMILES string of the molecule is CC/C=C/C=C/C=C/CCCCCCCC(=O)OC(COC(=O)CCCCCCCC/C=C/C=C/CCCCC)CO[C@H]1O[C@@H](CO)[C@@H](O)C(O)C1O. The van der Waals surface area contributed by atoms with E-state index in [0.29, 0.717) is 12.8 Å². The Bertz CT molecular complexity index is 1050. The van der Waals surface area contributed by atoms with Gasteiger partial charge in [-0.25, -0.2) is 0 Å². The quantitative estimate of drug-likeness (QED) is 0.0304. The predicted molar refractivity (Wildman–Crippen MR) is 210 cm³/mol. The summed E-state index contributed by atoms with van der Waals surface area (Å²) in [6, 6.07) is 0. The number of hydrogen-bond donors (Lipinski definition) is 4. The van der Waals surface area contributed by atoms with Crippen molar-refractivity contribution in [3.8, 4) is 0 Å². The Balaban J connectivity index is 2.40. The van der Waals surface area contributed by atoms with E-state index in [0.717, 1.165) is 83.5 Å². The molecule has 4 N–H and O–H groups in total. The third-order valence-electron chi connectivity index (χ3n) is 8.98. The highest BCUT2D eigenvalue weighted by Crippen LogP contribution is 2.22. The van der Waals surface area contributed by atoms with Gasteiger partial charge in [-0.1, -0.05) is 132 Å². The maximum atomic E-state index is 12.7. The molecule has 53 heavy (non-hydrogen) atoms. The first kappa shape index (κ1) is 48.4. The lowest BCUT2D eigenvalue weighted by Gasteiger charge is -2.39. The summed E-state index contributed by atoms with van der Waals surface area (Å²) in [7, 11) is 0. The molecular formula is C43H72O10. The summed E-state index contributed by atoms with van der Waals surface area (Å²) in [6.45, 7) is 3.20. The zero-order valence-corrected chi connectivity index (χ0v) is 32.7. The van der Waals surface area contributed by atoms with Crippen LogP contribution in [0.3, 0.4) is 0 Å². The molecule has 0 aromatic heterocycles. The van der Waals surface area contributed by atoms with Crippen molar-refractivity contribution >= 4 is 11.9 Å². The van der Waals surface area contributed by atoms with E-state index in [9.17, 15) is 30.0 Å². The summed E-state index contributed by atoms with van der Waals surface area (Å²) in [6.07, 6.45) is 32.3. The van der Waals surface area contributed by atoms with Gasteiger partial charge in [-0.05, 0) is 57.8 Å². The molecule has 1 aliphatic heterocycles.